The van der Waals surface area contributed by atoms with Crippen molar-refractivity contribution < 1.29 is 22.7 Å². The van der Waals surface area contributed by atoms with E-state index in [9.17, 15) is 13.6 Å². The minimum atomic E-state index is -0.895. The van der Waals surface area contributed by atoms with Gasteiger partial charge >= 0.3 is 6.09 Å². The van der Waals surface area contributed by atoms with Crippen molar-refractivity contribution in [2.24, 2.45) is 7.05 Å². The summed E-state index contributed by atoms with van der Waals surface area (Å²) < 4.78 is 55.0. The van der Waals surface area contributed by atoms with Crippen LogP contribution in [0.1, 0.15) is 16.8 Å². The molecule has 0 aliphatic carbocycles. The van der Waals surface area contributed by atoms with Gasteiger partial charge in [0.1, 0.15) is 17.6 Å². The van der Waals surface area contributed by atoms with Gasteiger partial charge in [-0.1, -0.05) is 29.5 Å². The van der Waals surface area contributed by atoms with E-state index in [4.69, 9.17) is 4.74 Å². The minimum absolute atomic E-state index is 0.250. The van der Waals surface area contributed by atoms with Gasteiger partial charge in [-0.05, 0) is 61.4 Å². The van der Waals surface area contributed by atoms with Crippen LogP contribution in [0.25, 0.3) is 28.3 Å². The smallest absolute Gasteiger partial charge is 0.414 e. The lowest BCUT2D eigenvalue weighted by Crippen LogP contribution is -2.46. The second kappa shape index (κ2) is 13.9. The zero-order valence-electron chi connectivity index (χ0n) is 29.6. The predicted octanol–water partition coefficient (Wildman–Crippen LogP) is 6.52. The van der Waals surface area contributed by atoms with E-state index in [-0.39, 0.29) is 6.54 Å². The molecule has 53 heavy (non-hydrogen) atoms. The van der Waals surface area contributed by atoms with E-state index in [1.54, 1.807) is 41.6 Å². The van der Waals surface area contributed by atoms with Crippen molar-refractivity contribution in [1.29, 1.82) is 0 Å². The van der Waals surface area contributed by atoms with Gasteiger partial charge in [0.25, 0.3) is 0 Å². The number of imidazole rings is 1. The fourth-order valence-electron chi connectivity index (χ4n) is 7.29. The van der Waals surface area contributed by atoms with E-state index in [2.05, 4.69) is 26.3 Å². The first-order valence-corrected chi connectivity index (χ1v) is 17.5. The Hall–Kier alpha value is -5.89. The predicted molar refractivity (Wildman–Crippen MR) is 194 cm³/mol. The van der Waals surface area contributed by atoms with Gasteiger partial charge in [0.05, 0.1) is 54.6 Å². The standard InChI is InChI=1S/C39H38F3N9O2/c1-25-6-4-5-7-31(25)37-16-27(26(2)51(37)29-8-10-32(40)33(41)18-29)20-47-12-14-48(15-13-47)36-11-9-28(17-34(36)42)50-22-30(53-39(50)52)21-49-23-35(44-45-49)38-19-43-24-46(38)3/h4-11,16-19,23-24,30H,12-15,20-22H2,1-3H3/t30-/m0/s1. The van der Waals surface area contributed by atoms with Crippen LogP contribution in [-0.4, -0.2) is 78.9 Å². The van der Waals surface area contributed by atoms with Crippen LogP contribution >= 0.6 is 0 Å². The van der Waals surface area contributed by atoms with Crippen molar-refractivity contribution in [2.75, 3.05) is 42.5 Å². The van der Waals surface area contributed by atoms with Gasteiger partial charge in [-0.15, -0.1) is 5.10 Å². The number of nitrogens with zero attached hydrogens (tertiary/aromatic N) is 9. The number of anilines is 2. The average molecular weight is 722 g/mol. The summed E-state index contributed by atoms with van der Waals surface area (Å²) in [6.45, 7) is 7.84. The van der Waals surface area contributed by atoms with Gasteiger partial charge in [0, 0.05) is 62.8 Å². The summed E-state index contributed by atoms with van der Waals surface area (Å²) in [7, 11) is 1.87. The fraction of sp³-hybridized carbons (Fsp3) is 0.282. The van der Waals surface area contributed by atoms with Crippen LogP contribution in [0.15, 0.2) is 85.5 Å². The van der Waals surface area contributed by atoms with Crippen molar-refractivity contribution in [3.8, 4) is 28.3 Å². The molecule has 3 aromatic heterocycles. The molecule has 2 fully saturated rings. The number of piperazine rings is 1. The summed E-state index contributed by atoms with van der Waals surface area (Å²) in [5.74, 6) is -2.19. The van der Waals surface area contributed by atoms with Crippen molar-refractivity contribution in [2.45, 2.75) is 33.0 Å². The lowest BCUT2D eigenvalue weighted by atomic mass is 10.1. The topological polar surface area (TPSA) is 89.5 Å². The summed E-state index contributed by atoms with van der Waals surface area (Å²) in [5.41, 5.74) is 7.94. The number of halogens is 3. The van der Waals surface area contributed by atoms with E-state index >= 15 is 4.39 Å². The molecule has 1 atom stereocenters. The Morgan fingerprint density at radius 2 is 1.64 bits per heavy atom. The average Bonchev–Trinajstić information content (AvgIpc) is 3.94. The molecule has 14 heteroatoms. The largest absolute Gasteiger partial charge is 0.442 e. The maximum Gasteiger partial charge on any atom is 0.414 e. The van der Waals surface area contributed by atoms with Crippen LogP contribution in [0.4, 0.5) is 29.3 Å². The SMILES string of the molecule is Cc1ccccc1-c1cc(CN2CCN(c3ccc(N4C[C@H](Cn5cc(-c6cncn6C)nn5)OC4=O)cc3F)CC2)c(C)n1-c1ccc(F)c(F)c1. The molecule has 2 saturated heterocycles. The van der Waals surface area contributed by atoms with E-state index in [0.717, 1.165) is 39.8 Å². The molecular formula is C39H38F3N9O2. The first-order chi connectivity index (χ1) is 25.6. The molecule has 6 aromatic rings. The molecule has 0 bridgehead atoms. The molecule has 272 valence electrons. The molecule has 3 aromatic carbocycles. The van der Waals surface area contributed by atoms with Gasteiger partial charge in [0.2, 0.25) is 0 Å². The zero-order valence-corrected chi connectivity index (χ0v) is 29.6. The molecule has 2 aliphatic rings. The van der Waals surface area contributed by atoms with E-state index in [1.807, 2.05) is 59.2 Å². The normalized spacial score (nSPS) is 16.5. The Morgan fingerprint density at radius 3 is 2.38 bits per heavy atom. The van der Waals surface area contributed by atoms with Crippen LogP contribution in [0, 0.1) is 31.3 Å². The highest BCUT2D eigenvalue weighted by molar-refractivity contribution is 5.90. The molecule has 0 N–H and O–H groups in total. The number of benzene rings is 3. The molecule has 0 radical (unpaired) electrons. The summed E-state index contributed by atoms with van der Waals surface area (Å²) in [5, 5.41) is 8.38. The van der Waals surface area contributed by atoms with Crippen molar-refractivity contribution in [3.05, 3.63) is 120 Å². The number of rotatable bonds is 9. The summed E-state index contributed by atoms with van der Waals surface area (Å²) in [6.07, 6.45) is 4.14. The highest BCUT2D eigenvalue weighted by atomic mass is 19.2. The Morgan fingerprint density at radius 1 is 0.868 bits per heavy atom. The Bertz CT molecular complexity index is 2310. The maximum atomic E-state index is 15.7. The van der Waals surface area contributed by atoms with Crippen molar-refractivity contribution in [3.63, 3.8) is 0 Å². The van der Waals surface area contributed by atoms with Gasteiger partial charge < -0.3 is 18.8 Å². The lowest BCUT2D eigenvalue weighted by molar-refractivity contribution is 0.129. The molecule has 1 amide bonds. The van der Waals surface area contributed by atoms with Crippen LogP contribution in [0.2, 0.25) is 0 Å². The fourth-order valence-corrected chi connectivity index (χ4v) is 7.29. The number of aromatic nitrogens is 6. The third kappa shape index (κ3) is 6.65. The van der Waals surface area contributed by atoms with E-state index < -0.39 is 29.6 Å². The molecule has 2 aliphatic heterocycles. The molecule has 0 unspecified atom stereocenters. The molecule has 8 rings (SSSR count). The van der Waals surface area contributed by atoms with Crippen molar-refractivity contribution in [1.82, 2.24) is 34.0 Å². The van der Waals surface area contributed by atoms with Crippen LogP contribution in [0.3, 0.4) is 0 Å². The quantitative estimate of drug-likeness (QED) is 0.168. The Labute approximate surface area is 304 Å². The van der Waals surface area contributed by atoms with E-state index in [0.29, 0.717) is 62.0 Å². The summed E-state index contributed by atoms with van der Waals surface area (Å²) in [4.78, 5) is 22.7. The van der Waals surface area contributed by atoms with Crippen LogP contribution in [-0.2, 0) is 24.9 Å². The number of ether oxygens (including phenoxy) is 1. The third-order valence-corrected chi connectivity index (χ3v) is 10.2. The van der Waals surface area contributed by atoms with Gasteiger partial charge in [-0.25, -0.2) is 27.6 Å². The minimum Gasteiger partial charge on any atom is -0.442 e. The molecule has 0 saturated carbocycles. The number of carbonyl (C=O) groups excluding carboxylic acids is 1. The monoisotopic (exact) mass is 721 g/mol. The number of amides is 1. The highest BCUT2D eigenvalue weighted by Gasteiger charge is 2.34. The molecule has 11 nitrogen and oxygen atoms in total. The second-order valence-electron chi connectivity index (χ2n) is 13.6. The van der Waals surface area contributed by atoms with Crippen LogP contribution < -0.4 is 9.80 Å². The molecule has 5 heterocycles. The zero-order chi connectivity index (χ0) is 36.8. The number of carbonyl (C=O) groups is 1. The van der Waals surface area contributed by atoms with Crippen LogP contribution in [0.5, 0.6) is 0 Å². The first kappa shape index (κ1) is 34.2. The Balaban J connectivity index is 0.924. The number of hydrogen-bond donors (Lipinski definition) is 0. The number of cyclic esters (lactones) is 1. The lowest BCUT2D eigenvalue weighted by Gasteiger charge is -2.36. The summed E-state index contributed by atoms with van der Waals surface area (Å²) in [6, 6.07) is 19.0. The van der Waals surface area contributed by atoms with Crippen molar-refractivity contribution >= 4 is 17.5 Å². The van der Waals surface area contributed by atoms with Gasteiger partial charge in [-0.3, -0.25) is 9.80 Å². The Kier molecular flexibility index (Phi) is 8.98. The van der Waals surface area contributed by atoms with Gasteiger partial charge in [-0.2, -0.15) is 0 Å². The first-order valence-electron chi connectivity index (χ1n) is 17.5. The second-order valence-corrected chi connectivity index (χ2v) is 13.6. The highest BCUT2D eigenvalue weighted by Crippen LogP contribution is 2.34. The molecule has 0 spiro atoms. The van der Waals surface area contributed by atoms with Gasteiger partial charge in [0.15, 0.2) is 11.6 Å². The number of hydrogen-bond acceptors (Lipinski definition) is 7. The third-order valence-electron chi connectivity index (χ3n) is 10.2. The molecular weight excluding hydrogens is 683 g/mol. The van der Waals surface area contributed by atoms with E-state index in [1.165, 1.54) is 17.0 Å². The number of aryl methyl sites for hydroxylation is 2. The maximum absolute atomic E-state index is 15.7. The summed E-state index contributed by atoms with van der Waals surface area (Å²) >= 11 is 0.